The molecule has 3 unspecified atom stereocenters. The molecule has 1 saturated heterocycles. The van der Waals surface area contributed by atoms with Crippen molar-refractivity contribution in [1.82, 2.24) is 4.90 Å². The van der Waals surface area contributed by atoms with E-state index in [1.165, 1.54) is 57.9 Å². The number of ether oxygens (including phenoxy) is 1. The van der Waals surface area contributed by atoms with Gasteiger partial charge >= 0.3 is 0 Å². The number of likely N-dealkylation sites (tertiary alicyclic amines) is 1. The minimum Gasteiger partial charge on any atom is -0.381 e. The second kappa shape index (κ2) is 6.36. The summed E-state index contributed by atoms with van der Waals surface area (Å²) in [5.74, 6) is 0.673. The Morgan fingerprint density at radius 2 is 1.85 bits per heavy atom. The Kier molecular flexibility index (Phi) is 5.18. The normalized spacial score (nSPS) is 37.6. The second-order valence-corrected chi connectivity index (χ2v) is 7.43. The average Bonchev–Trinajstić information content (AvgIpc) is 2.93. The van der Waals surface area contributed by atoms with Crippen molar-refractivity contribution in [3.63, 3.8) is 0 Å². The molecule has 1 aliphatic carbocycles. The number of piperidine rings is 1. The largest absolute Gasteiger partial charge is 0.381 e. The van der Waals surface area contributed by atoms with Crippen LogP contribution in [0.5, 0.6) is 0 Å². The zero-order chi connectivity index (χ0) is 14.8. The van der Waals surface area contributed by atoms with Crippen LogP contribution in [0.4, 0.5) is 0 Å². The first-order chi connectivity index (χ1) is 9.54. The Hall–Kier alpha value is -0.0800. The molecule has 118 valence electrons. The van der Waals surface area contributed by atoms with Crippen LogP contribution in [-0.4, -0.2) is 35.7 Å². The van der Waals surface area contributed by atoms with Gasteiger partial charge in [-0.2, -0.15) is 0 Å². The number of unbranched alkanes of at least 4 members (excludes halogenated alkanes) is 1. The lowest BCUT2D eigenvalue weighted by molar-refractivity contribution is -0.149. The monoisotopic (exact) mass is 281 g/mol. The van der Waals surface area contributed by atoms with E-state index in [1.807, 2.05) is 7.11 Å². The molecule has 0 aromatic rings. The van der Waals surface area contributed by atoms with Crippen LogP contribution in [0.1, 0.15) is 79.1 Å². The fourth-order valence-electron chi connectivity index (χ4n) is 4.99. The maximum atomic E-state index is 5.91. The average molecular weight is 281 g/mol. The van der Waals surface area contributed by atoms with Gasteiger partial charge in [0.25, 0.3) is 0 Å². The van der Waals surface area contributed by atoms with Gasteiger partial charge in [0.1, 0.15) is 0 Å². The number of rotatable bonds is 5. The number of hydrogen-bond acceptors (Lipinski definition) is 2. The van der Waals surface area contributed by atoms with E-state index in [-0.39, 0.29) is 0 Å². The highest BCUT2D eigenvalue weighted by Crippen LogP contribution is 2.52. The molecule has 1 aliphatic heterocycles. The van der Waals surface area contributed by atoms with Crippen LogP contribution in [0, 0.1) is 5.92 Å². The standard InChI is InChI=1S/C18H35NO/c1-6-8-13-19-17(4,7-2)14-16(20-5)15(3)18(19)11-9-10-12-18/h15-16H,6-14H2,1-5H3. The molecule has 0 bridgehead atoms. The third-order valence-corrected chi connectivity index (χ3v) is 6.50. The van der Waals surface area contributed by atoms with Gasteiger partial charge in [0.15, 0.2) is 0 Å². The Bertz CT molecular complexity index is 311. The van der Waals surface area contributed by atoms with E-state index in [4.69, 9.17) is 4.74 Å². The van der Waals surface area contributed by atoms with E-state index >= 15 is 0 Å². The van der Waals surface area contributed by atoms with Crippen molar-refractivity contribution >= 4 is 0 Å². The van der Waals surface area contributed by atoms with E-state index in [2.05, 4.69) is 32.6 Å². The fraction of sp³-hybridized carbons (Fsp3) is 1.00. The highest BCUT2D eigenvalue weighted by Gasteiger charge is 2.56. The van der Waals surface area contributed by atoms with E-state index in [9.17, 15) is 0 Å². The molecule has 0 N–H and O–H groups in total. The van der Waals surface area contributed by atoms with Gasteiger partial charge < -0.3 is 4.74 Å². The van der Waals surface area contributed by atoms with Crippen molar-refractivity contribution in [3.8, 4) is 0 Å². The third kappa shape index (κ3) is 2.54. The zero-order valence-corrected chi connectivity index (χ0v) is 14.4. The minimum absolute atomic E-state index is 0.326. The molecule has 1 spiro atoms. The lowest BCUT2D eigenvalue weighted by atomic mass is 9.67. The van der Waals surface area contributed by atoms with Gasteiger partial charge in [0.2, 0.25) is 0 Å². The fourth-order valence-corrected chi connectivity index (χ4v) is 4.99. The van der Waals surface area contributed by atoms with E-state index in [0.717, 1.165) is 0 Å². The number of hydrogen-bond donors (Lipinski definition) is 0. The van der Waals surface area contributed by atoms with E-state index < -0.39 is 0 Å². The molecular formula is C18H35NO. The summed E-state index contributed by atoms with van der Waals surface area (Å²) in [5.41, 5.74) is 0.742. The van der Waals surface area contributed by atoms with Gasteiger partial charge in [0.05, 0.1) is 6.10 Å². The van der Waals surface area contributed by atoms with Gasteiger partial charge in [0, 0.05) is 24.1 Å². The van der Waals surface area contributed by atoms with Crippen molar-refractivity contribution in [3.05, 3.63) is 0 Å². The summed E-state index contributed by atoms with van der Waals surface area (Å²) in [4.78, 5) is 2.93. The summed E-state index contributed by atoms with van der Waals surface area (Å²) >= 11 is 0. The first-order valence-corrected chi connectivity index (χ1v) is 8.84. The van der Waals surface area contributed by atoms with Crippen LogP contribution in [0.2, 0.25) is 0 Å². The Balaban J connectivity index is 2.34. The summed E-state index contributed by atoms with van der Waals surface area (Å²) in [6.07, 6.45) is 11.1. The summed E-state index contributed by atoms with van der Waals surface area (Å²) in [6, 6.07) is 0. The van der Waals surface area contributed by atoms with Gasteiger partial charge in [-0.15, -0.1) is 0 Å². The SMILES string of the molecule is CCCCN1C(C)(CC)CC(OC)C(C)C12CCCC2. The van der Waals surface area contributed by atoms with Gasteiger partial charge in [-0.05, 0) is 45.6 Å². The summed E-state index contributed by atoms with van der Waals surface area (Å²) in [5, 5.41) is 0. The molecule has 2 rings (SSSR count). The summed E-state index contributed by atoms with van der Waals surface area (Å²) < 4.78 is 5.91. The van der Waals surface area contributed by atoms with Crippen molar-refractivity contribution in [2.45, 2.75) is 96.2 Å². The molecule has 3 atom stereocenters. The molecule has 2 aliphatic rings. The van der Waals surface area contributed by atoms with Gasteiger partial charge in [-0.25, -0.2) is 0 Å². The molecule has 2 heteroatoms. The zero-order valence-electron chi connectivity index (χ0n) is 14.4. The molecule has 1 saturated carbocycles. The van der Waals surface area contributed by atoms with Crippen LogP contribution < -0.4 is 0 Å². The van der Waals surface area contributed by atoms with Crippen LogP contribution in [0.15, 0.2) is 0 Å². The van der Waals surface area contributed by atoms with Crippen molar-refractivity contribution in [1.29, 1.82) is 0 Å². The van der Waals surface area contributed by atoms with Crippen LogP contribution in [0.25, 0.3) is 0 Å². The first-order valence-electron chi connectivity index (χ1n) is 8.84. The molecule has 0 radical (unpaired) electrons. The van der Waals surface area contributed by atoms with Crippen molar-refractivity contribution in [2.75, 3.05) is 13.7 Å². The Morgan fingerprint density at radius 3 is 2.35 bits per heavy atom. The molecule has 0 amide bonds. The smallest absolute Gasteiger partial charge is 0.0632 e. The highest BCUT2D eigenvalue weighted by molar-refractivity contribution is 5.11. The predicted octanol–water partition coefficient (Wildman–Crippen LogP) is 4.62. The Labute approximate surface area is 126 Å². The van der Waals surface area contributed by atoms with E-state index in [1.54, 1.807) is 0 Å². The highest BCUT2D eigenvalue weighted by atomic mass is 16.5. The van der Waals surface area contributed by atoms with Crippen molar-refractivity contribution < 1.29 is 4.74 Å². The maximum absolute atomic E-state index is 5.91. The predicted molar refractivity (Wildman–Crippen MR) is 86.1 cm³/mol. The third-order valence-electron chi connectivity index (χ3n) is 6.50. The van der Waals surface area contributed by atoms with Crippen LogP contribution in [0.3, 0.4) is 0 Å². The molecular weight excluding hydrogens is 246 g/mol. The quantitative estimate of drug-likeness (QED) is 0.729. The summed E-state index contributed by atoms with van der Waals surface area (Å²) in [6.45, 7) is 10.9. The van der Waals surface area contributed by atoms with Crippen LogP contribution in [-0.2, 0) is 4.74 Å². The Morgan fingerprint density at radius 1 is 1.20 bits per heavy atom. The van der Waals surface area contributed by atoms with Gasteiger partial charge in [-0.1, -0.05) is 40.0 Å². The number of nitrogens with zero attached hydrogens (tertiary/aromatic N) is 1. The second-order valence-electron chi connectivity index (χ2n) is 7.43. The molecule has 2 fully saturated rings. The summed E-state index contributed by atoms with van der Waals surface area (Å²) in [7, 11) is 1.92. The van der Waals surface area contributed by atoms with Gasteiger partial charge in [-0.3, -0.25) is 4.90 Å². The van der Waals surface area contributed by atoms with Crippen LogP contribution >= 0.6 is 0 Å². The molecule has 1 heterocycles. The molecule has 20 heavy (non-hydrogen) atoms. The lowest BCUT2D eigenvalue weighted by Gasteiger charge is -2.61. The minimum atomic E-state index is 0.326. The first kappa shape index (κ1) is 16.3. The molecule has 0 aromatic heterocycles. The maximum Gasteiger partial charge on any atom is 0.0632 e. The lowest BCUT2D eigenvalue weighted by Crippen LogP contribution is -2.68. The molecule has 0 aromatic carbocycles. The number of methoxy groups -OCH3 is 1. The topological polar surface area (TPSA) is 12.5 Å². The molecule has 2 nitrogen and oxygen atoms in total. The van der Waals surface area contributed by atoms with Crippen molar-refractivity contribution in [2.24, 2.45) is 5.92 Å². The van der Waals surface area contributed by atoms with E-state index in [0.29, 0.717) is 23.1 Å².